The molecule has 0 aromatic heterocycles. The average Bonchev–Trinajstić information content (AvgIpc) is 3.51. The standard InChI is InChI=1S/C24H30N4O2/c1(3-17-29-21-9-5-19(6-10-21)23-25-13-14-26-23)2-4-18-30-22-11-7-20(8-12-22)24-27-15-16-28-24/h5-12H,1-4,13-18H2,(H,25,26)(H,27,28). The molecule has 2 aliphatic heterocycles. The van der Waals surface area contributed by atoms with Crippen molar-refractivity contribution in [1.82, 2.24) is 10.6 Å². The van der Waals surface area contributed by atoms with Crippen LogP contribution in [0.4, 0.5) is 0 Å². The highest BCUT2D eigenvalue weighted by atomic mass is 16.5. The van der Waals surface area contributed by atoms with Crippen LogP contribution < -0.4 is 20.1 Å². The molecule has 2 aromatic rings. The van der Waals surface area contributed by atoms with E-state index in [1.54, 1.807) is 0 Å². The third-order valence-corrected chi connectivity index (χ3v) is 5.18. The second kappa shape index (κ2) is 10.7. The van der Waals surface area contributed by atoms with Gasteiger partial charge in [0.2, 0.25) is 0 Å². The number of nitrogens with one attached hydrogen (secondary N) is 2. The predicted molar refractivity (Wildman–Crippen MR) is 121 cm³/mol. The van der Waals surface area contributed by atoms with Crippen molar-refractivity contribution in [3.05, 3.63) is 59.7 Å². The van der Waals surface area contributed by atoms with Gasteiger partial charge in [-0.2, -0.15) is 0 Å². The van der Waals surface area contributed by atoms with Crippen molar-refractivity contribution in [2.24, 2.45) is 9.98 Å². The van der Waals surface area contributed by atoms with Crippen molar-refractivity contribution >= 4 is 11.7 Å². The molecule has 0 saturated heterocycles. The zero-order valence-electron chi connectivity index (χ0n) is 17.4. The lowest BCUT2D eigenvalue weighted by atomic mass is 10.2. The van der Waals surface area contributed by atoms with Crippen molar-refractivity contribution in [2.75, 3.05) is 39.4 Å². The number of nitrogens with zero attached hydrogens (tertiary/aromatic N) is 2. The fraction of sp³-hybridized carbons (Fsp3) is 0.417. The Morgan fingerprint density at radius 1 is 0.600 bits per heavy atom. The number of aliphatic imine (C=N–C) groups is 2. The molecular formula is C24H30N4O2. The van der Waals surface area contributed by atoms with Gasteiger partial charge in [0.25, 0.3) is 0 Å². The summed E-state index contributed by atoms with van der Waals surface area (Å²) in [6.07, 6.45) is 4.40. The number of benzene rings is 2. The van der Waals surface area contributed by atoms with E-state index in [1.807, 2.05) is 24.3 Å². The molecule has 2 heterocycles. The zero-order valence-corrected chi connectivity index (χ0v) is 17.4. The first-order valence-electron chi connectivity index (χ1n) is 10.9. The molecule has 6 nitrogen and oxygen atoms in total. The van der Waals surface area contributed by atoms with Crippen LogP contribution in [-0.4, -0.2) is 51.1 Å². The molecule has 30 heavy (non-hydrogen) atoms. The number of hydrogen-bond acceptors (Lipinski definition) is 6. The van der Waals surface area contributed by atoms with Crippen LogP contribution in [0.15, 0.2) is 58.5 Å². The molecule has 2 aliphatic rings. The SMILES string of the molecule is c1cc(C2=NCCN2)ccc1OCCCCCCOc1ccc(C2=NCCN2)cc1. The summed E-state index contributed by atoms with van der Waals surface area (Å²) >= 11 is 0. The predicted octanol–water partition coefficient (Wildman–Crippen LogP) is 3.40. The summed E-state index contributed by atoms with van der Waals surface area (Å²) in [5.74, 6) is 3.81. The number of rotatable bonds is 11. The van der Waals surface area contributed by atoms with E-state index in [0.29, 0.717) is 0 Å². The summed E-state index contributed by atoms with van der Waals surface area (Å²) in [5.41, 5.74) is 2.25. The fourth-order valence-corrected chi connectivity index (χ4v) is 3.54. The molecule has 0 amide bonds. The monoisotopic (exact) mass is 406 g/mol. The van der Waals surface area contributed by atoms with Gasteiger partial charge in [-0.1, -0.05) is 0 Å². The molecule has 0 bridgehead atoms. The normalized spacial score (nSPS) is 15.2. The van der Waals surface area contributed by atoms with E-state index in [-0.39, 0.29) is 0 Å². The highest BCUT2D eigenvalue weighted by Gasteiger charge is 2.08. The maximum absolute atomic E-state index is 5.85. The van der Waals surface area contributed by atoms with E-state index < -0.39 is 0 Å². The van der Waals surface area contributed by atoms with E-state index in [1.165, 1.54) is 0 Å². The van der Waals surface area contributed by atoms with Gasteiger partial charge < -0.3 is 20.1 Å². The highest BCUT2D eigenvalue weighted by molar-refractivity contribution is 6.00. The topological polar surface area (TPSA) is 67.2 Å². The summed E-state index contributed by atoms with van der Waals surface area (Å²) < 4.78 is 11.7. The Hall–Kier alpha value is -3.02. The second-order valence-electron chi connectivity index (χ2n) is 7.47. The largest absolute Gasteiger partial charge is 0.494 e. The molecule has 0 aliphatic carbocycles. The molecule has 2 N–H and O–H groups in total. The molecule has 0 fully saturated rings. The Balaban J connectivity index is 1.05. The molecule has 6 heteroatoms. The molecule has 0 atom stereocenters. The van der Waals surface area contributed by atoms with Crippen molar-refractivity contribution in [3.8, 4) is 11.5 Å². The second-order valence-corrected chi connectivity index (χ2v) is 7.47. The summed E-state index contributed by atoms with van der Waals surface area (Å²) in [7, 11) is 0. The van der Waals surface area contributed by atoms with Gasteiger partial charge in [-0.25, -0.2) is 0 Å². The minimum absolute atomic E-state index is 0.749. The molecule has 2 aromatic carbocycles. The van der Waals surface area contributed by atoms with Gasteiger partial charge in [-0.3, -0.25) is 9.98 Å². The maximum atomic E-state index is 5.85. The summed E-state index contributed by atoms with van der Waals surface area (Å²) in [4.78, 5) is 8.87. The van der Waals surface area contributed by atoms with Crippen molar-refractivity contribution in [1.29, 1.82) is 0 Å². The van der Waals surface area contributed by atoms with E-state index in [0.717, 1.165) is 99.4 Å². The van der Waals surface area contributed by atoms with E-state index in [4.69, 9.17) is 9.47 Å². The van der Waals surface area contributed by atoms with Crippen molar-refractivity contribution < 1.29 is 9.47 Å². The number of amidine groups is 2. The van der Waals surface area contributed by atoms with Crippen LogP contribution in [0.2, 0.25) is 0 Å². The lowest BCUT2D eigenvalue weighted by molar-refractivity contribution is 0.287. The number of unbranched alkanes of at least 4 members (excludes halogenated alkanes) is 3. The Morgan fingerprint density at radius 3 is 1.40 bits per heavy atom. The summed E-state index contributed by atoms with van der Waals surface area (Å²) in [6, 6.07) is 16.3. The van der Waals surface area contributed by atoms with Crippen molar-refractivity contribution in [3.63, 3.8) is 0 Å². The van der Waals surface area contributed by atoms with Gasteiger partial charge in [-0.15, -0.1) is 0 Å². The maximum Gasteiger partial charge on any atom is 0.128 e. The highest BCUT2D eigenvalue weighted by Crippen LogP contribution is 2.15. The zero-order chi connectivity index (χ0) is 20.4. The van der Waals surface area contributed by atoms with E-state index in [9.17, 15) is 0 Å². The molecule has 158 valence electrons. The van der Waals surface area contributed by atoms with Crippen LogP contribution in [0, 0.1) is 0 Å². The van der Waals surface area contributed by atoms with Crippen molar-refractivity contribution in [2.45, 2.75) is 25.7 Å². The molecule has 0 radical (unpaired) electrons. The van der Waals surface area contributed by atoms with Gasteiger partial charge in [0.1, 0.15) is 23.2 Å². The first-order chi connectivity index (χ1) is 14.9. The Labute approximate surface area is 178 Å². The smallest absolute Gasteiger partial charge is 0.128 e. The van der Waals surface area contributed by atoms with Crippen LogP contribution in [0.25, 0.3) is 0 Å². The third kappa shape index (κ3) is 5.75. The summed E-state index contributed by atoms with van der Waals surface area (Å²) in [6.45, 7) is 5.08. The molecule has 0 unspecified atom stereocenters. The quantitative estimate of drug-likeness (QED) is 0.561. The third-order valence-electron chi connectivity index (χ3n) is 5.18. The first-order valence-corrected chi connectivity index (χ1v) is 10.9. The van der Waals surface area contributed by atoms with Gasteiger partial charge in [0.05, 0.1) is 26.3 Å². The summed E-state index contributed by atoms with van der Waals surface area (Å²) in [5, 5.41) is 6.57. The number of ether oxygens (including phenoxy) is 2. The van der Waals surface area contributed by atoms with Crippen LogP contribution >= 0.6 is 0 Å². The van der Waals surface area contributed by atoms with Gasteiger partial charge in [0, 0.05) is 24.2 Å². The van der Waals surface area contributed by atoms with Crippen LogP contribution in [-0.2, 0) is 0 Å². The Bertz CT molecular complexity index is 786. The molecular weight excluding hydrogens is 376 g/mol. The van der Waals surface area contributed by atoms with Crippen LogP contribution in [0.5, 0.6) is 11.5 Å². The first kappa shape index (κ1) is 20.3. The van der Waals surface area contributed by atoms with Gasteiger partial charge in [0.15, 0.2) is 0 Å². The fourth-order valence-electron chi connectivity index (χ4n) is 3.54. The van der Waals surface area contributed by atoms with Crippen LogP contribution in [0.1, 0.15) is 36.8 Å². The van der Waals surface area contributed by atoms with E-state index >= 15 is 0 Å². The Kier molecular flexibility index (Phi) is 7.21. The lowest BCUT2D eigenvalue weighted by Gasteiger charge is -2.09. The minimum atomic E-state index is 0.749. The average molecular weight is 407 g/mol. The molecule has 0 saturated carbocycles. The lowest BCUT2D eigenvalue weighted by Crippen LogP contribution is -2.19. The number of hydrogen-bond donors (Lipinski definition) is 2. The molecule has 4 rings (SSSR count). The van der Waals surface area contributed by atoms with Crippen LogP contribution in [0.3, 0.4) is 0 Å². The Morgan fingerprint density at radius 2 is 1.03 bits per heavy atom. The van der Waals surface area contributed by atoms with E-state index in [2.05, 4.69) is 44.9 Å². The van der Waals surface area contributed by atoms with Gasteiger partial charge in [-0.05, 0) is 74.2 Å². The minimum Gasteiger partial charge on any atom is -0.494 e. The molecule has 0 spiro atoms. The van der Waals surface area contributed by atoms with Gasteiger partial charge >= 0.3 is 0 Å².